The number of benzene rings is 2. The highest BCUT2D eigenvalue weighted by Gasteiger charge is 2.38. The zero-order valence-corrected chi connectivity index (χ0v) is 13.6. The lowest BCUT2D eigenvalue weighted by Crippen LogP contribution is -2.31. The van der Waals surface area contributed by atoms with E-state index in [0.29, 0.717) is 23.2 Å². The molecule has 0 N–H and O–H groups in total. The number of carbonyl (C=O) groups excluding carboxylic acids is 2. The number of carbonyl (C=O) groups is 2. The molecule has 3 rings (SSSR count). The minimum atomic E-state index is -0.383. The Labute approximate surface area is 140 Å². The Morgan fingerprint density at radius 3 is 2.42 bits per heavy atom. The molecule has 0 aromatic heterocycles. The van der Waals surface area contributed by atoms with Gasteiger partial charge in [0.05, 0.1) is 28.4 Å². The first-order chi connectivity index (χ1) is 11.5. The average molecular weight is 316 g/mol. The third-order valence-corrected chi connectivity index (χ3v) is 4.31. The van der Waals surface area contributed by atoms with Crippen LogP contribution in [0.1, 0.15) is 43.0 Å². The monoisotopic (exact) mass is 316 g/mol. The number of hydrogen-bond donors (Lipinski definition) is 0. The minimum absolute atomic E-state index is 0.282. The predicted molar refractivity (Wildman–Crippen MR) is 92.1 cm³/mol. The van der Waals surface area contributed by atoms with Gasteiger partial charge in [0.25, 0.3) is 11.8 Å². The van der Waals surface area contributed by atoms with E-state index in [1.165, 1.54) is 11.0 Å². The zero-order valence-electron chi connectivity index (χ0n) is 13.6. The summed E-state index contributed by atoms with van der Waals surface area (Å²) in [6, 6.07) is 10.5. The van der Waals surface area contributed by atoms with Gasteiger partial charge in [-0.2, -0.15) is 5.26 Å². The maximum absolute atomic E-state index is 12.9. The summed E-state index contributed by atoms with van der Waals surface area (Å²) in [7, 11) is 0. The SMILES string of the molecule is C=CCc1c(C)ccc(C)c1N1C(=O)c2ccc(C#N)cc2C1=O. The van der Waals surface area contributed by atoms with Crippen LogP contribution in [0, 0.1) is 25.2 Å². The van der Waals surface area contributed by atoms with E-state index in [1.54, 1.807) is 18.2 Å². The molecule has 2 aromatic carbocycles. The van der Waals surface area contributed by atoms with Crippen molar-refractivity contribution in [3.05, 3.63) is 76.4 Å². The van der Waals surface area contributed by atoms with Crippen molar-refractivity contribution in [2.45, 2.75) is 20.3 Å². The molecule has 0 spiro atoms. The van der Waals surface area contributed by atoms with Crippen LogP contribution in [0.3, 0.4) is 0 Å². The van der Waals surface area contributed by atoms with Crippen LogP contribution >= 0.6 is 0 Å². The molecule has 1 heterocycles. The molecule has 0 unspecified atom stereocenters. The molecule has 0 saturated carbocycles. The molecule has 1 aliphatic heterocycles. The van der Waals surface area contributed by atoms with Gasteiger partial charge < -0.3 is 0 Å². The van der Waals surface area contributed by atoms with Crippen molar-refractivity contribution in [1.82, 2.24) is 0 Å². The molecular weight excluding hydrogens is 300 g/mol. The molecule has 0 atom stereocenters. The lowest BCUT2D eigenvalue weighted by molar-refractivity contribution is 0.0925. The van der Waals surface area contributed by atoms with Crippen molar-refractivity contribution in [3.63, 3.8) is 0 Å². The quantitative estimate of drug-likeness (QED) is 0.640. The molecule has 0 aliphatic carbocycles. The van der Waals surface area contributed by atoms with E-state index < -0.39 is 0 Å². The average Bonchev–Trinajstić information content (AvgIpc) is 2.82. The topological polar surface area (TPSA) is 61.2 Å². The maximum Gasteiger partial charge on any atom is 0.266 e. The zero-order chi connectivity index (χ0) is 17.4. The summed E-state index contributed by atoms with van der Waals surface area (Å²) in [6.07, 6.45) is 2.33. The Morgan fingerprint density at radius 2 is 1.75 bits per heavy atom. The van der Waals surface area contributed by atoms with Crippen molar-refractivity contribution in [3.8, 4) is 6.07 Å². The van der Waals surface area contributed by atoms with Gasteiger partial charge in [-0.25, -0.2) is 4.90 Å². The molecule has 4 nitrogen and oxygen atoms in total. The Morgan fingerprint density at radius 1 is 1.08 bits per heavy atom. The molecule has 1 aliphatic rings. The van der Waals surface area contributed by atoms with Crippen LogP contribution in [-0.4, -0.2) is 11.8 Å². The van der Waals surface area contributed by atoms with Crippen molar-refractivity contribution < 1.29 is 9.59 Å². The molecule has 118 valence electrons. The normalized spacial score (nSPS) is 13.0. The van der Waals surface area contributed by atoms with Gasteiger partial charge in [-0.15, -0.1) is 6.58 Å². The van der Waals surface area contributed by atoms with Crippen LogP contribution in [0.15, 0.2) is 43.0 Å². The van der Waals surface area contributed by atoms with Crippen LogP contribution < -0.4 is 4.90 Å². The van der Waals surface area contributed by atoms with E-state index in [4.69, 9.17) is 5.26 Å². The highest BCUT2D eigenvalue weighted by atomic mass is 16.2. The van der Waals surface area contributed by atoms with E-state index in [-0.39, 0.29) is 17.4 Å². The second kappa shape index (κ2) is 5.78. The van der Waals surface area contributed by atoms with E-state index in [0.717, 1.165) is 16.7 Å². The Hall–Kier alpha value is -3.19. The van der Waals surface area contributed by atoms with E-state index in [9.17, 15) is 9.59 Å². The summed E-state index contributed by atoms with van der Waals surface area (Å²) < 4.78 is 0. The summed E-state index contributed by atoms with van der Waals surface area (Å²) in [4.78, 5) is 26.9. The van der Waals surface area contributed by atoms with Crippen LogP contribution in [0.25, 0.3) is 0 Å². The number of rotatable bonds is 3. The van der Waals surface area contributed by atoms with Gasteiger partial charge in [0.1, 0.15) is 0 Å². The molecule has 0 radical (unpaired) electrons. The van der Waals surface area contributed by atoms with E-state index >= 15 is 0 Å². The second-order valence-electron chi connectivity index (χ2n) is 5.84. The first-order valence-corrected chi connectivity index (χ1v) is 7.62. The van der Waals surface area contributed by atoms with Gasteiger partial charge in [0, 0.05) is 0 Å². The molecule has 0 bridgehead atoms. The third-order valence-electron chi connectivity index (χ3n) is 4.31. The van der Waals surface area contributed by atoms with Gasteiger partial charge >= 0.3 is 0 Å². The van der Waals surface area contributed by atoms with Crippen molar-refractivity contribution in [2.75, 3.05) is 4.90 Å². The molecule has 4 heteroatoms. The van der Waals surface area contributed by atoms with E-state index in [1.807, 2.05) is 32.0 Å². The number of nitriles is 1. The number of amides is 2. The number of aryl methyl sites for hydroxylation is 2. The Kier molecular flexibility index (Phi) is 3.78. The summed E-state index contributed by atoms with van der Waals surface area (Å²) in [5, 5.41) is 9.03. The smallest absolute Gasteiger partial charge is 0.266 e. The highest BCUT2D eigenvalue weighted by Crippen LogP contribution is 2.35. The molecule has 2 amide bonds. The van der Waals surface area contributed by atoms with Gasteiger partial charge in [0.2, 0.25) is 0 Å². The maximum atomic E-state index is 12.9. The molecule has 24 heavy (non-hydrogen) atoms. The number of nitrogens with zero attached hydrogens (tertiary/aromatic N) is 2. The predicted octanol–water partition coefficient (Wildman–Crippen LogP) is 3.70. The number of fused-ring (bicyclic) bond motifs is 1. The van der Waals surface area contributed by atoms with Crippen molar-refractivity contribution >= 4 is 17.5 Å². The largest absolute Gasteiger partial charge is 0.268 e. The third kappa shape index (κ3) is 2.22. The molecule has 0 fully saturated rings. The minimum Gasteiger partial charge on any atom is -0.268 e. The first-order valence-electron chi connectivity index (χ1n) is 7.62. The number of anilines is 1. The van der Waals surface area contributed by atoms with Crippen molar-refractivity contribution in [2.24, 2.45) is 0 Å². The van der Waals surface area contributed by atoms with E-state index in [2.05, 4.69) is 6.58 Å². The van der Waals surface area contributed by atoms with Gasteiger partial charge in [0.15, 0.2) is 0 Å². The lowest BCUT2D eigenvalue weighted by atomic mass is 9.98. The second-order valence-corrected chi connectivity index (χ2v) is 5.84. The lowest BCUT2D eigenvalue weighted by Gasteiger charge is -2.22. The van der Waals surface area contributed by atoms with Gasteiger partial charge in [-0.05, 0) is 55.2 Å². The van der Waals surface area contributed by atoms with Crippen LogP contribution in [0.2, 0.25) is 0 Å². The highest BCUT2D eigenvalue weighted by molar-refractivity contribution is 6.35. The fraction of sp³-hybridized carbons (Fsp3) is 0.150. The number of hydrogen-bond acceptors (Lipinski definition) is 3. The number of imide groups is 1. The van der Waals surface area contributed by atoms with Crippen LogP contribution in [0.4, 0.5) is 5.69 Å². The number of allylic oxidation sites excluding steroid dienone is 1. The Bertz CT molecular complexity index is 935. The standard InChI is InChI=1S/C20H16N2O2/c1-4-5-15-12(2)6-7-13(3)18(15)22-19(23)16-9-8-14(11-21)10-17(16)20(22)24/h4,6-10H,1,5H2,2-3H3. The summed E-state index contributed by atoms with van der Waals surface area (Å²) in [6.45, 7) is 7.60. The first kappa shape index (κ1) is 15.7. The molecular formula is C20H16N2O2. The summed E-state index contributed by atoms with van der Waals surface area (Å²) >= 11 is 0. The van der Waals surface area contributed by atoms with Gasteiger partial charge in [-0.1, -0.05) is 18.2 Å². The van der Waals surface area contributed by atoms with Crippen LogP contribution in [0.5, 0.6) is 0 Å². The molecule has 2 aromatic rings. The van der Waals surface area contributed by atoms with Crippen molar-refractivity contribution in [1.29, 1.82) is 5.26 Å². The fourth-order valence-corrected chi connectivity index (χ4v) is 3.08. The fourth-order valence-electron chi connectivity index (χ4n) is 3.08. The van der Waals surface area contributed by atoms with Crippen LogP contribution in [-0.2, 0) is 6.42 Å². The van der Waals surface area contributed by atoms with Gasteiger partial charge in [-0.3, -0.25) is 9.59 Å². The Balaban J connectivity index is 2.21. The molecule has 0 saturated heterocycles. The summed E-state index contributed by atoms with van der Waals surface area (Å²) in [5.41, 5.74) is 4.38. The summed E-state index contributed by atoms with van der Waals surface area (Å²) in [5.74, 6) is -0.732.